The number of aliphatic hydroxyl groups is 2. The van der Waals surface area contributed by atoms with Crippen molar-refractivity contribution in [1.82, 2.24) is 10.2 Å². The van der Waals surface area contributed by atoms with Crippen LogP contribution in [0.2, 0.25) is 0 Å². The molecule has 1 unspecified atom stereocenters. The van der Waals surface area contributed by atoms with Crippen LogP contribution in [-0.4, -0.2) is 39.8 Å². The number of primary amides is 1. The smallest absolute Gasteiger partial charge is 0.270 e. The van der Waals surface area contributed by atoms with Crippen molar-refractivity contribution in [3.05, 3.63) is 47.4 Å². The zero-order valence-electron chi connectivity index (χ0n) is 13.4. The van der Waals surface area contributed by atoms with Gasteiger partial charge < -0.3 is 21.3 Å². The quantitative estimate of drug-likeness (QED) is 0.649. The molecule has 1 aromatic carbocycles. The molecule has 0 radical (unpaired) electrons. The summed E-state index contributed by atoms with van der Waals surface area (Å²) in [6.07, 6.45) is 4.90. The van der Waals surface area contributed by atoms with Gasteiger partial charge in [0.25, 0.3) is 11.8 Å². The van der Waals surface area contributed by atoms with Crippen molar-refractivity contribution in [3.63, 3.8) is 0 Å². The predicted molar refractivity (Wildman–Crippen MR) is 89.9 cm³/mol. The lowest BCUT2D eigenvalue weighted by atomic mass is 10.0. The zero-order chi connectivity index (χ0) is 17.2. The molecule has 7 heteroatoms. The first-order valence-corrected chi connectivity index (χ1v) is 8.09. The van der Waals surface area contributed by atoms with E-state index in [4.69, 9.17) is 5.73 Å². The van der Waals surface area contributed by atoms with Crippen LogP contribution in [0.15, 0.2) is 41.2 Å². The summed E-state index contributed by atoms with van der Waals surface area (Å²) in [7, 11) is 0. The molecule has 7 nitrogen and oxygen atoms in total. The number of hydrogen-bond donors (Lipinski definition) is 4. The largest absolute Gasteiger partial charge is 0.504 e. The first kappa shape index (κ1) is 16.5. The Hall–Kier alpha value is -2.38. The van der Waals surface area contributed by atoms with Gasteiger partial charge in [-0.3, -0.25) is 9.69 Å². The van der Waals surface area contributed by atoms with Crippen LogP contribution in [0.4, 0.5) is 0 Å². The number of benzene rings is 1. The average molecular weight is 330 g/mol. The minimum Gasteiger partial charge on any atom is -0.504 e. The number of carbonyl (C=O) groups excluding carboxylic acids is 1. The number of likely N-dealkylation sites (tertiary alicyclic amines) is 1. The van der Waals surface area contributed by atoms with E-state index in [2.05, 4.69) is 15.2 Å². The van der Waals surface area contributed by atoms with Crippen LogP contribution in [0.1, 0.15) is 30.4 Å². The van der Waals surface area contributed by atoms with Crippen LogP contribution in [0, 0.1) is 0 Å². The molecule has 3 rings (SSSR count). The van der Waals surface area contributed by atoms with E-state index in [1.807, 2.05) is 12.1 Å². The third-order valence-electron chi connectivity index (χ3n) is 4.37. The minimum atomic E-state index is -1.82. The van der Waals surface area contributed by atoms with Crippen LogP contribution in [0.25, 0.3) is 0 Å². The molecule has 1 atom stereocenters. The highest BCUT2D eigenvalue weighted by Crippen LogP contribution is 2.24. The molecule has 24 heavy (non-hydrogen) atoms. The van der Waals surface area contributed by atoms with Gasteiger partial charge in [-0.25, -0.2) is 4.99 Å². The van der Waals surface area contributed by atoms with Gasteiger partial charge in [-0.2, -0.15) is 0 Å². The highest BCUT2D eigenvalue weighted by molar-refractivity contribution is 6.44. The SMILES string of the molecule is NC(=O)C1=NC(O)(c2ccc(CN3CCCCC3)cc2)NC=C1O. The summed E-state index contributed by atoms with van der Waals surface area (Å²) >= 11 is 0. The van der Waals surface area contributed by atoms with Gasteiger partial charge >= 0.3 is 0 Å². The number of piperidine rings is 1. The number of aliphatic hydroxyl groups excluding tert-OH is 1. The average Bonchev–Trinajstić information content (AvgIpc) is 2.58. The fraction of sp³-hybridized carbons (Fsp3) is 0.412. The van der Waals surface area contributed by atoms with Crippen LogP contribution in [0.5, 0.6) is 0 Å². The second-order valence-electron chi connectivity index (χ2n) is 6.20. The van der Waals surface area contributed by atoms with E-state index in [-0.39, 0.29) is 5.71 Å². The highest BCUT2D eigenvalue weighted by Gasteiger charge is 2.33. The number of amides is 1. The van der Waals surface area contributed by atoms with E-state index in [1.54, 1.807) is 12.1 Å². The lowest BCUT2D eigenvalue weighted by molar-refractivity contribution is -0.112. The monoisotopic (exact) mass is 330 g/mol. The van der Waals surface area contributed by atoms with Crippen LogP contribution >= 0.6 is 0 Å². The number of aliphatic imine (C=N–C) groups is 1. The van der Waals surface area contributed by atoms with E-state index >= 15 is 0 Å². The molecule has 0 saturated carbocycles. The molecule has 128 valence electrons. The van der Waals surface area contributed by atoms with Crippen molar-refractivity contribution in [3.8, 4) is 0 Å². The van der Waals surface area contributed by atoms with Crippen LogP contribution in [0.3, 0.4) is 0 Å². The first-order valence-electron chi connectivity index (χ1n) is 8.09. The molecule has 2 heterocycles. The fourth-order valence-electron chi connectivity index (χ4n) is 3.04. The maximum absolute atomic E-state index is 11.3. The Kier molecular flexibility index (Phi) is 4.55. The molecule has 0 bridgehead atoms. The highest BCUT2D eigenvalue weighted by atomic mass is 16.3. The van der Waals surface area contributed by atoms with Gasteiger partial charge in [-0.15, -0.1) is 0 Å². The topological polar surface area (TPSA) is 111 Å². The van der Waals surface area contributed by atoms with Crippen molar-refractivity contribution < 1.29 is 15.0 Å². The van der Waals surface area contributed by atoms with Crippen molar-refractivity contribution in [2.75, 3.05) is 13.1 Å². The third-order valence-corrected chi connectivity index (χ3v) is 4.37. The Morgan fingerprint density at radius 3 is 2.54 bits per heavy atom. The van der Waals surface area contributed by atoms with E-state index in [9.17, 15) is 15.0 Å². The third kappa shape index (κ3) is 3.42. The van der Waals surface area contributed by atoms with E-state index in [0.717, 1.165) is 31.4 Å². The molecule has 2 aliphatic rings. The summed E-state index contributed by atoms with van der Waals surface area (Å²) in [5, 5.41) is 22.8. The summed E-state index contributed by atoms with van der Waals surface area (Å²) in [6, 6.07) is 7.37. The van der Waals surface area contributed by atoms with E-state index < -0.39 is 17.5 Å². The van der Waals surface area contributed by atoms with Gasteiger partial charge in [-0.05, 0) is 31.5 Å². The Labute approximate surface area is 140 Å². The molecule has 1 aromatic rings. The van der Waals surface area contributed by atoms with Gasteiger partial charge in [0.1, 0.15) is 0 Å². The van der Waals surface area contributed by atoms with Gasteiger partial charge in [0, 0.05) is 18.3 Å². The summed E-state index contributed by atoms with van der Waals surface area (Å²) in [6.45, 7) is 3.11. The van der Waals surface area contributed by atoms with Crippen LogP contribution in [-0.2, 0) is 17.2 Å². The molecule has 5 N–H and O–H groups in total. The number of nitrogens with two attached hydrogens (primary N) is 1. The number of carbonyl (C=O) groups is 1. The van der Waals surface area contributed by atoms with Gasteiger partial charge in [-0.1, -0.05) is 30.7 Å². The number of nitrogens with one attached hydrogen (secondary N) is 1. The number of hydrogen-bond acceptors (Lipinski definition) is 6. The molecular formula is C17H22N4O3. The standard InChI is InChI=1S/C17H22N4O3/c18-16(23)15-14(22)10-19-17(24,20-15)13-6-4-12(5-7-13)11-21-8-2-1-3-9-21/h4-7,10,19,22,24H,1-3,8-9,11H2,(H2,18,23). The van der Waals surface area contributed by atoms with Crippen molar-refractivity contribution in [2.24, 2.45) is 10.7 Å². The predicted octanol–water partition coefficient (Wildman–Crippen LogP) is 0.704. The van der Waals surface area contributed by atoms with Crippen molar-refractivity contribution >= 4 is 11.6 Å². The van der Waals surface area contributed by atoms with Gasteiger partial charge in [0.05, 0.1) is 0 Å². The van der Waals surface area contributed by atoms with Crippen LogP contribution < -0.4 is 11.1 Å². The molecule has 1 fully saturated rings. The summed E-state index contributed by atoms with van der Waals surface area (Å²) < 4.78 is 0. The Morgan fingerprint density at radius 2 is 1.92 bits per heavy atom. The molecular weight excluding hydrogens is 308 g/mol. The van der Waals surface area contributed by atoms with E-state index in [1.165, 1.54) is 19.3 Å². The Morgan fingerprint density at radius 1 is 1.25 bits per heavy atom. The summed E-state index contributed by atoms with van der Waals surface area (Å²) in [4.78, 5) is 17.6. The number of rotatable bonds is 4. The lowest BCUT2D eigenvalue weighted by Crippen LogP contribution is -2.44. The van der Waals surface area contributed by atoms with Gasteiger partial charge in [0.2, 0.25) is 0 Å². The second kappa shape index (κ2) is 6.62. The maximum atomic E-state index is 11.3. The van der Waals surface area contributed by atoms with E-state index in [0.29, 0.717) is 5.56 Å². The normalized spacial score (nSPS) is 24.7. The fourth-order valence-corrected chi connectivity index (χ4v) is 3.04. The molecule has 0 aliphatic carbocycles. The second-order valence-corrected chi connectivity index (χ2v) is 6.20. The van der Waals surface area contributed by atoms with Crippen molar-refractivity contribution in [1.29, 1.82) is 0 Å². The summed E-state index contributed by atoms with van der Waals surface area (Å²) in [5.74, 6) is -3.11. The molecule has 1 saturated heterocycles. The maximum Gasteiger partial charge on any atom is 0.270 e. The molecule has 0 aromatic heterocycles. The first-order chi connectivity index (χ1) is 11.5. The molecule has 1 amide bonds. The number of nitrogens with zero attached hydrogens (tertiary/aromatic N) is 2. The Balaban J connectivity index is 1.76. The van der Waals surface area contributed by atoms with Crippen molar-refractivity contribution in [2.45, 2.75) is 31.7 Å². The lowest BCUT2D eigenvalue weighted by Gasteiger charge is -2.29. The van der Waals surface area contributed by atoms with Gasteiger partial charge in [0.15, 0.2) is 11.5 Å². The molecule has 0 spiro atoms. The molecule has 2 aliphatic heterocycles. The zero-order valence-corrected chi connectivity index (χ0v) is 13.4. The Bertz CT molecular complexity index is 678. The minimum absolute atomic E-state index is 0.353. The summed E-state index contributed by atoms with van der Waals surface area (Å²) in [5.41, 5.74) is 6.43.